The highest BCUT2D eigenvalue weighted by atomic mass is 32.2. The first-order chi connectivity index (χ1) is 12.0. The summed E-state index contributed by atoms with van der Waals surface area (Å²) in [5, 5.41) is 4.26. The molecule has 136 valence electrons. The van der Waals surface area contributed by atoms with Crippen molar-refractivity contribution < 1.29 is 13.2 Å². The number of benzene rings is 1. The first-order valence-electron chi connectivity index (χ1n) is 8.72. The van der Waals surface area contributed by atoms with Crippen molar-refractivity contribution >= 4 is 21.4 Å². The van der Waals surface area contributed by atoms with Gasteiger partial charge in [0.15, 0.2) is 0 Å². The monoisotopic (exact) mass is 379 g/mol. The average Bonchev–Trinajstić information content (AvgIpc) is 3.15. The minimum atomic E-state index is -3.42. The Morgan fingerprint density at radius 2 is 1.84 bits per heavy atom. The van der Waals surface area contributed by atoms with Crippen molar-refractivity contribution in [2.75, 3.05) is 19.7 Å². The number of hydrogen-bond donors (Lipinski definition) is 0. The van der Waals surface area contributed by atoms with Crippen LogP contribution in [0, 0.1) is 5.92 Å². The summed E-state index contributed by atoms with van der Waals surface area (Å²) < 4.78 is 32.9. The molecule has 0 N–H and O–H groups in total. The fourth-order valence-electron chi connectivity index (χ4n) is 3.06. The molecule has 0 bridgehead atoms. The van der Waals surface area contributed by atoms with E-state index in [4.69, 9.17) is 4.74 Å². The SMILES string of the molecule is CC(C)COc1ccc(S(=O)(=O)N2CCC(c3ccsc3)CC2)cc1. The first-order valence-corrected chi connectivity index (χ1v) is 11.1. The summed E-state index contributed by atoms with van der Waals surface area (Å²) >= 11 is 1.70. The van der Waals surface area contributed by atoms with Crippen molar-refractivity contribution in [3.05, 3.63) is 46.7 Å². The third-order valence-electron chi connectivity index (χ3n) is 4.51. The largest absolute Gasteiger partial charge is 0.493 e. The zero-order chi connectivity index (χ0) is 17.9. The molecule has 3 rings (SSSR count). The van der Waals surface area contributed by atoms with Gasteiger partial charge in [0.2, 0.25) is 10.0 Å². The minimum absolute atomic E-state index is 0.346. The fraction of sp³-hybridized carbons (Fsp3) is 0.474. The van der Waals surface area contributed by atoms with Crippen molar-refractivity contribution in [3.63, 3.8) is 0 Å². The summed E-state index contributed by atoms with van der Waals surface area (Å²) in [4.78, 5) is 0.346. The van der Waals surface area contributed by atoms with Crippen LogP contribution < -0.4 is 4.74 Å². The van der Waals surface area contributed by atoms with Gasteiger partial charge in [-0.3, -0.25) is 0 Å². The molecule has 0 saturated carbocycles. The highest BCUT2D eigenvalue weighted by Gasteiger charge is 2.30. The van der Waals surface area contributed by atoms with E-state index in [2.05, 4.69) is 30.7 Å². The van der Waals surface area contributed by atoms with Crippen LogP contribution in [0.3, 0.4) is 0 Å². The van der Waals surface area contributed by atoms with Gasteiger partial charge in [0.1, 0.15) is 5.75 Å². The van der Waals surface area contributed by atoms with Gasteiger partial charge in [-0.05, 0) is 71.3 Å². The first kappa shape index (κ1) is 18.4. The number of sulfonamides is 1. The molecule has 0 spiro atoms. The van der Waals surface area contributed by atoms with E-state index in [0.717, 1.165) is 12.8 Å². The molecule has 1 aromatic heterocycles. The van der Waals surface area contributed by atoms with Crippen LogP contribution in [0.2, 0.25) is 0 Å². The summed E-state index contributed by atoms with van der Waals surface area (Å²) in [5.74, 6) is 1.63. The predicted octanol–water partition coefficient (Wildman–Crippen LogP) is 4.35. The molecule has 0 amide bonds. The van der Waals surface area contributed by atoms with Crippen molar-refractivity contribution in [2.24, 2.45) is 5.92 Å². The van der Waals surface area contributed by atoms with E-state index in [9.17, 15) is 8.42 Å². The van der Waals surface area contributed by atoms with Crippen LogP contribution in [0.15, 0.2) is 46.0 Å². The topological polar surface area (TPSA) is 46.6 Å². The highest BCUT2D eigenvalue weighted by Crippen LogP contribution is 2.32. The fourth-order valence-corrected chi connectivity index (χ4v) is 5.27. The molecule has 1 aromatic carbocycles. The van der Waals surface area contributed by atoms with E-state index in [1.54, 1.807) is 39.9 Å². The Kier molecular flexibility index (Phi) is 5.81. The second-order valence-electron chi connectivity index (χ2n) is 6.91. The second kappa shape index (κ2) is 7.89. The zero-order valence-corrected chi connectivity index (χ0v) is 16.4. The van der Waals surface area contributed by atoms with E-state index < -0.39 is 10.0 Å². The molecule has 0 unspecified atom stereocenters. The minimum Gasteiger partial charge on any atom is -0.493 e. The van der Waals surface area contributed by atoms with Crippen molar-refractivity contribution in [1.29, 1.82) is 0 Å². The summed E-state index contributed by atoms with van der Waals surface area (Å²) in [6, 6.07) is 8.93. The summed E-state index contributed by atoms with van der Waals surface area (Å²) in [7, 11) is -3.42. The molecule has 25 heavy (non-hydrogen) atoms. The van der Waals surface area contributed by atoms with Gasteiger partial charge in [-0.15, -0.1) is 0 Å². The van der Waals surface area contributed by atoms with Gasteiger partial charge in [0, 0.05) is 13.1 Å². The summed E-state index contributed by atoms with van der Waals surface area (Å²) in [6.07, 6.45) is 1.76. The predicted molar refractivity (Wildman–Crippen MR) is 102 cm³/mol. The van der Waals surface area contributed by atoms with Crippen LogP contribution in [-0.4, -0.2) is 32.4 Å². The molecule has 0 atom stereocenters. The Morgan fingerprint density at radius 3 is 2.40 bits per heavy atom. The third-order valence-corrected chi connectivity index (χ3v) is 7.13. The molecule has 0 aliphatic carbocycles. The molecule has 1 aliphatic heterocycles. The summed E-state index contributed by atoms with van der Waals surface area (Å²) in [5.41, 5.74) is 1.34. The zero-order valence-electron chi connectivity index (χ0n) is 14.7. The van der Waals surface area contributed by atoms with Crippen LogP contribution in [0.4, 0.5) is 0 Å². The van der Waals surface area contributed by atoms with Gasteiger partial charge in [0.05, 0.1) is 11.5 Å². The van der Waals surface area contributed by atoms with E-state index in [-0.39, 0.29) is 0 Å². The van der Waals surface area contributed by atoms with E-state index in [0.29, 0.717) is 42.2 Å². The molecule has 2 aromatic rings. The molecule has 1 fully saturated rings. The van der Waals surface area contributed by atoms with Crippen LogP contribution in [0.25, 0.3) is 0 Å². The Morgan fingerprint density at radius 1 is 1.16 bits per heavy atom. The lowest BCUT2D eigenvalue weighted by atomic mass is 9.92. The van der Waals surface area contributed by atoms with Crippen LogP contribution >= 0.6 is 11.3 Å². The van der Waals surface area contributed by atoms with Crippen LogP contribution in [0.5, 0.6) is 5.75 Å². The van der Waals surface area contributed by atoms with E-state index in [1.165, 1.54) is 5.56 Å². The lowest BCUT2D eigenvalue weighted by Crippen LogP contribution is -2.37. The number of ether oxygens (including phenoxy) is 1. The Balaban J connectivity index is 1.64. The number of thiophene rings is 1. The van der Waals surface area contributed by atoms with Crippen LogP contribution in [-0.2, 0) is 10.0 Å². The van der Waals surface area contributed by atoms with Gasteiger partial charge < -0.3 is 4.74 Å². The second-order valence-corrected chi connectivity index (χ2v) is 9.63. The van der Waals surface area contributed by atoms with E-state index in [1.807, 2.05) is 0 Å². The van der Waals surface area contributed by atoms with Gasteiger partial charge in [-0.1, -0.05) is 13.8 Å². The molecular formula is C19H25NO3S2. The Hall–Kier alpha value is -1.37. The molecule has 1 saturated heterocycles. The Labute approximate surface area is 154 Å². The maximum atomic E-state index is 12.8. The standard InChI is InChI=1S/C19H25NO3S2/c1-15(2)13-23-18-3-5-19(6-4-18)25(21,22)20-10-7-16(8-11-20)17-9-12-24-14-17/h3-6,9,12,14-16H,7-8,10-11,13H2,1-2H3. The smallest absolute Gasteiger partial charge is 0.243 e. The Bertz CT molecular complexity index is 760. The number of rotatable bonds is 6. The molecule has 6 heteroatoms. The van der Waals surface area contributed by atoms with Crippen LogP contribution in [0.1, 0.15) is 38.2 Å². The summed E-state index contributed by atoms with van der Waals surface area (Å²) in [6.45, 7) is 5.95. The van der Waals surface area contributed by atoms with Crippen molar-refractivity contribution in [1.82, 2.24) is 4.31 Å². The number of piperidine rings is 1. The maximum absolute atomic E-state index is 12.8. The van der Waals surface area contributed by atoms with E-state index >= 15 is 0 Å². The van der Waals surface area contributed by atoms with Crippen molar-refractivity contribution in [3.8, 4) is 5.75 Å². The normalized spacial score (nSPS) is 17.1. The molecular weight excluding hydrogens is 354 g/mol. The molecule has 0 radical (unpaired) electrons. The van der Waals surface area contributed by atoms with Gasteiger partial charge in [-0.2, -0.15) is 15.6 Å². The maximum Gasteiger partial charge on any atom is 0.243 e. The quantitative estimate of drug-likeness (QED) is 0.749. The van der Waals surface area contributed by atoms with Gasteiger partial charge in [-0.25, -0.2) is 8.42 Å². The van der Waals surface area contributed by atoms with Crippen molar-refractivity contribution in [2.45, 2.75) is 37.5 Å². The van der Waals surface area contributed by atoms with Gasteiger partial charge >= 0.3 is 0 Å². The third kappa shape index (κ3) is 4.43. The van der Waals surface area contributed by atoms with Gasteiger partial charge in [0.25, 0.3) is 0 Å². The number of hydrogen-bond acceptors (Lipinski definition) is 4. The lowest BCUT2D eigenvalue weighted by Gasteiger charge is -2.31. The molecule has 1 aliphatic rings. The molecule has 4 nitrogen and oxygen atoms in total. The average molecular weight is 380 g/mol. The highest BCUT2D eigenvalue weighted by molar-refractivity contribution is 7.89. The number of nitrogens with zero attached hydrogens (tertiary/aromatic N) is 1. The lowest BCUT2D eigenvalue weighted by molar-refractivity contribution is 0.271. The molecule has 2 heterocycles.